The van der Waals surface area contributed by atoms with Crippen molar-refractivity contribution < 1.29 is 14.6 Å². The van der Waals surface area contributed by atoms with Crippen molar-refractivity contribution in [2.24, 2.45) is 0 Å². The fraction of sp³-hybridized carbons (Fsp3) is 0.364. The predicted molar refractivity (Wildman–Crippen MR) is 57.1 cm³/mol. The number of hydrogen-bond acceptors (Lipinski definition) is 3. The molecule has 0 amide bonds. The molecule has 0 unspecified atom stereocenters. The number of hydrogen-bond donors (Lipinski definition) is 1. The molecule has 0 aromatic heterocycles. The molecule has 82 valence electrons. The Bertz CT molecular complexity index is 332. The first-order chi connectivity index (χ1) is 7.06. The number of carbonyl (C=O) groups is 1. The van der Waals surface area contributed by atoms with Gasteiger partial charge in [0.2, 0.25) is 0 Å². The summed E-state index contributed by atoms with van der Waals surface area (Å²) in [6, 6.07) is 6.43. The van der Waals surface area contributed by atoms with E-state index in [1.54, 1.807) is 50.4 Å². The monoisotopic (exact) mass is 209 g/mol. The van der Waals surface area contributed by atoms with Crippen LogP contribution < -0.4 is 4.74 Å². The summed E-state index contributed by atoms with van der Waals surface area (Å²) in [5.41, 5.74) is 0.744. The van der Waals surface area contributed by atoms with E-state index in [9.17, 15) is 4.79 Å². The van der Waals surface area contributed by atoms with Gasteiger partial charge in [0.15, 0.2) is 0 Å². The highest BCUT2D eigenvalue weighted by Gasteiger charge is 2.21. The zero-order chi connectivity index (χ0) is 11.4. The molecule has 15 heavy (non-hydrogen) atoms. The third-order valence-electron chi connectivity index (χ3n) is 2.18. The smallest absolute Gasteiger partial charge is 0.325 e. The van der Waals surface area contributed by atoms with Gasteiger partial charge >= 0.3 is 5.97 Å². The summed E-state index contributed by atoms with van der Waals surface area (Å²) in [5.74, 6) is -0.133. The first-order valence-electron chi connectivity index (χ1n) is 4.59. The van der Waals surface area contributed by atoms with Gasteiger partial charge in [0.05, 0.1) is 7.11 Å². The maximum atomic E-state index is 11.0. The van der Waals surface area contributed by atoms with Gasteiger partial charge in [-0.3, -0.25) is 9.69 Å². The van der Waals surface area contributed by atoms with Crippen molar-refractivity contribution in [3.63, 3.8) is 0 Å². The standard InChI is InChI=1S/C11H15NO3/c1-12(2)10(11(13)14)8-4-6-9(15-3)7-5-8/h4-7,10H,1-3H3,(H,13,14)/t10-/m0/s1. The van der Waals surface area contributed by atoms with Crippen LogP contribution in [-0.4, -0.2) is 37.2 Å². The third kappa shape index (κ3) is 2.70. The second-order valence-electron chi connectivity index (χ2n) is 3.48. The van der Waals surface area contributed by atoms with E-state index >= 15 is 0 Å². The molecule has 0 bridgehead atoms. The summed E-state index contributed by atoms with van der Waals surface area (Å²) in [7, 11) is 5.06. The van der Waals surface area contributed by atoms with Crippen molar-refractivity contribution in [3.8, 4) is 5.75 Å². The normalized spacial score (nSPS) is 12.5. The largest absolute Gasteiger partial charge is 0.497 e. The van der Waals surface area contributed by atoms with Crippen LogP contribution in [0.4, 0.5) is 0 Å². The minimum atomic E-state index is -0.856. The Morgan fingerprint density at radius 3 is 2.20 bits per heavy atom. The highest BCUT2D eigenvalue weighted by molar-refractivity contribution is 5.75. The van der Waals surface area contributed by atoms with Crippen LogP contribution in [0.25, 0.3) is 0 Å². The van der Waals surface area contributed by atoms with Crippen molar-refractivity contribution in [2.45, 2.75) is 6.04 Å². The van der Waals surface area contributed by atoms with Crippen LogP contribution >= 0.6 is 0 Å². The second kappa shape index (κ2) is 4.79. The fourth-order valence-corrected chi connectivity index (χ4v) is 1.45. The lowest BCUT2D eigenvalue weighted by molar-refractivity contribution is -0.142. The molecule has 0 aliphatic carbocycles. The summed E-state index contributed by atoms with van der Waals surface area (Å²) < 4.78 is 5.01. The van der Waals surface area contributed by atoms with E-state index in [-0.39, 0.29) is 0 Å². The van der Waals surface area contributed by atoms with Gasteiger partial charge in [-0.1, -0.05) is 12.1 Å². The van der Waals surface area contributed by atoms with E-state index in [0.29, 0.717) is 0 Å². The summed E-state index contributed by atoms with van der Waals surface area (Å²) in [6.07, 6.45) is 0. The number of methoxy groups -OCH3 is 1. The van der Waals surface area contributed by atoms with Crippen LogP contribution in [0.3, 0.4) is 0 Å². The van der Waals surface area contributed by atoms with Crippen molar-refractivity contribution in [3.05, 3.63) is 29.8 Å². The summed E-state index contributed by atoms with van der Waals surface area (Å²) in [4.78, 5) is 12.7. The molecule has 0 aliphatic heterocycles. The van der Waals surface area contributed by atoms with Gasteiger partial charge < -0.3 is 9.84 Å². The Hall–Kier alpha value is -1.55. The topological polar surface area (TPSA) is 49.8 Å². The molecule has 1 aromatic carbocycles. The summed E-state index contributed by atoms with van der Waals surface area (Å²) in [5, 5.41) is 9.05. The summed E-state index contributed by atoms with van der Waals surface area (Å²) in [6.45, 7) is 0. The Morgan fingerprint density at radius 1 is 1.33 bits per heavy atom. The van der Waals surface area contributed by atoms with E-state index in [1.165, 1.54) is 0 Å². The highest BCUT2D eigenvalue weighted by Crippen LogP contribution is 2.21. The molecule has 0 saturated heterocycles. The van der Waals surface area contributed by atoms with Gasteiger partial charge in [-0.2, -0.15) is 0 Å². The second-order valence-corrected chi connectivity index (χ2v) is 3.48. The Labute approximate surface area is 89.1 Å². The van der Waals surface area contributed by atoms with E-state index < -0.39 is 12.0 Å². The minimum absolute atomic E-state index is 0.615. The predicted octanol–water partition coefficient (Wildman–Crippen LogP) is 1.38. The number of rotatable bonds is 4. The van der Waals surface area contributed by atoms with Gasteiger partial charge in [-0.15, -0.1) is 0 Å². The van der Waals surface area contributed by atoms with Crippen LogP contribution in [0.5, 0.6) is 5.75 Å². The van der Waals surface area contributed by atoms with Crippen molar-refractivity contribution >= 4 is 5.97 Å². The molecule has 4 heteroatoms. The lowest BCUT2D eigenvalue weighted by Gasteiger charge is -2.20. The number of likely N-dealkylation sites (N-methyl/N-ethyl adjacent to an activating group) is 1. The Morgan fingerprint density at radius 2 is 1.87 bits per heavy atom. The molecule has 1 aromatic rings. The van der Waals surface area contributed by atoms with Crippen LogP contribution in [0.1, 0.15) is 11.6 Å². The number of nitrogens with zero attached hydrogens (tertiary/aromatic N) is 1. The minimum Gasteiger partial charge on any atom is -0.497 e. The Kier molecular flexibility index (Phi) is 3.68. The maximum absolute atomic E-state index is 11.0. The van der Waals surface area contributed by atoms with E-state index in [2.05, 4.69) is 0 Å². The molecule has 0 saturated carbocycles. The first kappa shape index (κ1) is 11.5. The van der Waals surface area contributed by atoms with E-state index in [4.69, 9.17) is 9.84 Å². The lowest BCUT2D eigenvalue weighted by atomic mass is 10.1. The fourth-order valence-electron chi connectivity index (χ4n) is 1.45. The van der Waals surface area contributed by atoms with Crippen molar-refractivity contribution in [2.75, 3.05) is 21.2 Å². The van der Waals surface area contributed by atoms with Crippen molar-refractivity contribution in [1.82, 2.24) is 4.90 Å². The van der Waals surface area contributed by atoms with Crippen LogP contribution in [0, 0.1) is 0 Å². The average molecular weight is 209 g/mol. The number of carboxylic acids is 1. The summed E-state index contributed by atoms with van der Waals surface area (Å²) >= 11 is 0. The lowest BCUT2D eigenvalue weighted by Crippen LogP contribution is -2.27. The van der Waals surface area contributed by atoms with Gasteiger partial charge in [0.1, 0.15) is 11.8 Å². The molecule has 4 nitrogen and oxygen atoms in total. The van der Waals surface area contributed by atoms with Gasteiger partial charge in [0.25, 0.3) is 0 Å². The quantitative estimate of drug-likeness (QED) is 0.814. The van der Waals surface area contributed by atoms with Crippen molar-refractivity contribution in [1.29, 1.82) is 0 Å². The highest BCUT2D eigenvalue weighted by atomic mass is 16.5. The molecular formula is C11H15NO3. The Balaban J connectivity index is 2.97. The SMILES string of the molecule is COc1ccc([C@@H](C(=O)O)N(C)C)cc1. The first-order valence-corrected chi connectivity index (χ1v) is 4.59. The van der Waals surface area contributed by atoms with Gasteiger partial charge in [-0.05, 0) is 31.8 Å². The molecule has 1 rings (SSSR count). The van der Waals surface area contributed by atoms with Crippen LogP contribution in [-0.2, 0) is 4.79 Å². The third-order valence-corrected chi connectivity index (χ3v) is 2.18. The molecule has 0 fully saturated rings. The molecule has 0 spiro atoms. The zero-order valence-corrected chi connectivity index (χ0v) is 9.10. The molecule has 0 heterocycles. The number of carboxylic acid groups (broad SMARTS) is 1. The van der Waals surface area contributed by atoms with E-state index in [1.807, 2.05) is 0 Å². The van der Waals surface area contributed by atoms with E-state index in [0.717, 1.165) is 11.3 Å². The number of benzene rings is 1. The molecular weight excluding hydrogens is 194 g/mol. The van der Waals surface area contributed by atoms with Gasteiger partial charge in [-0.25, -0.2) is 0 Å². The van der Waals surface area contributed by atoms with Crippen LogP contribution in [0.2, 0.25) is 0 Å². The maximum Gasteiger partial charge on any atom is 0.325 e. The molecule has 0 radical (unpaired) electrons. The van der Waals surface area contributed by atoms with Crippen LogP contribution in [0.15, 0.2) is 24.3 Å². The molecule has 1 N–H and O–H groups in total. The molecule has 1 atom stereocenters. The zero-order valence-electron chi connectivity index (χ0n) is 9.10. The number of ether oxygens (including phenoxy) is 1. The average Bonchev–Trinajstić information content (AvgIpc) is 2.18. The molecule has 0 aliphatic rings. The number of aliphatic carboxylic acids is 1. The van der Waals surface area contributed by atoms with Gasteiger partial charge in [0, 0.05) is 0 Å².